The maximum absolute atomic E-state index is 11.6. The van der Waals surface area contributed by atoms with E-state index in [0.717, 1.165) is 12.5 Å². The van der Waals surface area contributed by atoms with Gasteiger partial charge in [0.05, 0.1) is 0 Å². The SMILES string of the molecule is C.C.CC(C)(C(F)(F)F)C(F)(F)F.CC(C)=O.CCC.CCC.COC.CS(C)(=O)=O.CSC. The minimum Gasteiger partial charge on any atom is -0.388 e. The Balaban J connectivity index is -0.0000000332. The molecule has 0 spiro atoms. The molecule has 0 unspecified atom stereocenters. The van der Waals surface area contributed by atoms with Gasteiger partial charge in [-0.25, -0.2) is 8.42 Å². The zero-order valence-corrected chi connectivity index (χ0v) is 23.8. The maximum Gasteiger partial charge on any atom is 0.402 e. The Morgan fingerprint density at radius 1 is 0.765 bits per heavy atom. The molecular formula is C22H54F6O4S2. The van der Waals surface area contributed by atoms with Crippen molar-refractivity contribution in [3.05, 3.63) is 0 Å². The number of ketones is 1. The largest absolute Gasteiger partial charge is 0.402 e. The van der Waals surface area contributed by atoms with Crippen molar-refractivity contribution in [3.8, 4) is 0 Å². The second-order valence-electron chi connectivity index (χ2n) is 6.90. The van der Waals surface area contributed by atoms with Crippen LogP contribution in [-0.4, -0.2) is 65.8 Å². The minimum absolute atomic E-state index is 0. The number of Topliss-reactive ketones (excluding diaryl/α,β-unsaturated/α-hetero) is 1. The van der Waals surface area contributed by atoms with Crippen LogP contribution in [0.25, 0.3) is 0 Å². The van der Waals surface area contributed by atoms with Gasteiger partial charge in [0.2, 0.25) is 0 Å². The van der Waals surface area contributed by atoms with Gasteiger partial charge < -0.3 is 9.53 Å². The lowest BCUT2D eigenvalue weighted by Gasteiger charge is -2.29. The number of sulfone groups is 1. The molecular weight excluding hydrogens is 506 g/mol. The van der Waals surface area contributed by atoms with Crippen molar-refractivity contribution in [2.45, 2.75) is 95.4 Å². The van der Waals surface area contributed by atoms with Crippen LogP contribution in [0.15, 0.2) is 0 Å². The van der Waals surface area contributed by atoms with E-state index in [4.69, 9.17) is 0 Å². The van der Waals surface area contributed by atoms with Crippen molar-refractivity contribution >= 4 is 27.4 Å². The Morgan fingerprint density at radius 2 is 0.824 bits per heavy atom. The summed E-state index contributed by atoms with van der Waals surface area (Å²) in [6, 6.07) is 0. The van der Waals surface area contributed by atoms with Crippen LogP contribution in [0.4, 0.5) is 26.3 Å². The number of halogens is 6. The lowest BCUT2D eigenvalue weighted by molar-refractivity contribution is -0.327. The zero-order valence-electron chi connectivity index (χ0n) is 22.1. The third-order valence-corrected chi connectivity index (χ3v) is 1.42. The Kier molecular flexibility index (Phi) is 60.1. The van der Waals surface area contributed by atoms with E-state index in [1.54, 1.807) is 26.0 Å². The Labute approximate surface area is 211 Å². The maximum atomic E-state index is 11.6. The predicted octanol–water partition coefficient (Wildman–Crippen LogP) is 8.74. The lowest BCUT2D eigenvalue weighted by atomic mass is 9.92. The molecule has 0 aromatic rings. The van der Waals surface area contributed by atoms with E-state index in [9.17, 15) is 39.6 Å². The molecule has 0 aliphatic heterocycles. The number of rotatable bonds is 0. The minimum atomic E-state index is -5.24. The van der Waals surface area contributed by atoms with Gasteiger partial charge in [-0.05, 0) is 40.2 Å². The molecule has 0 heterocycles. The number of carbonyl (C=O) groups is 1. The third-order valence-electron chi connectivity index (χ3n) is 1.42. The first-order valence-corrected chi connectivity index (χ1v) is 13.4. The smallest absolute Gasteiger partial charge is 0.388 e. The fourth-order valence-electron chi connectivity index (χ4n) is 0.161. The van der Waals surface area contributed by atoms with Crippen LogP contribution < -0.4 is 0 Å². The molecule has 0 aromatic carbocycles. The van der Waals surface area contributed by atoms with Crippen LogP contribution in [0.1, 0.15) is 83.1 Å². The van der Waals surface area contributed by atoms with Crippen molar-refractivity contribution in [3.63, 3.8) is 0 Å². The van der Waals surface area contributed by atoms with Crippen LogP contribution in [-0.2, 0) is 19.4 Å². The molecule has 34 heavy (non-hydrogen) atoms. The number of carbonyl (C=O) groups excluding carboxylic acids is 1. The molecule has 220 valence electrons. The summed E-state index contributed by atoms with van der Waals surface area (Å²) in [7, 11) is 0.583. The van der Waals surface area contributed by atoms with Gasteiger partial charge in [-0.2, -0.15) is 38.1 Å². The summed E-state index contributed by atoms with van der Waals surface area (Å²) < 4.78 is 93.2. The van der Waals surface area contributed by atoms with Crippen LogP contribution >= 0.6 is 11.8 Å². The van der Waals surface area contributed by atoms with Crippen molar-refractivity contribution in [1.82, 2.24) is 0 Å². The summed E-state index contributed by atoms with van der Waals surface area (Å²) in [6.07, 6.45) is -1.59. The average molecular weight is 561 g/mol. The van der Waals surface area contributed by atoms with Gasteiger partial charge in [0.25, 0.3) is 0 Å². The molecule has 0 N–H and O–H groups in total. The summed E-state index contributed by atoms with van der Waals surface area (Å²) in [5, 5.41) is 0. The van der Waals surface area contributed by atoms with Gasteiger partial charge in [0, 0.05) is 26.7 Å². The molecule has 4 nitrogen and oxygen atoms in total. The van der Waals surface area contributed by atoms with Crippen LogP contribution in [0.5, 0.6) is 0 Å². The van der Waals surface area contributed by atoms with Crippen LogP contribution in [0.3, 0.4) is 0 Å². The molecule has 0 atom stereocenters. The molecule has 0 radical (unpaired) electrons. The molecule has 0 aliphatic carbocycles. The number of alkyl halides is 6. The number of ether oxygens (including phenoxy) is 1. The summed E-state index contributed by atoms with van der Waals surface area (Å²) in [5.74, 6) is 0.167. The van der Waals surface area contributed by atoms with E-state index in [2.05, 4.69) is 32.4 Å². The standard InChI is InChI=1S/C5H6F6.C3H6O.2C3H8.C2H6O2S.C2H6O.C2H6S.2CH4/c1-3(2,4(6,7)8)5(9,10)11;1-3(2)4;2*1-3-2;1-5(2,3)4;2*1-3-2;;/h1-2H3;1-2H3;2*3H2,1-2H3;1-2H3;2*1-2H3;2*1H4. The fraction of sp³-hybridized carbons (Fsp3) is 0.955. The van der Waals surface area contributed by atoms with E-state index in [0.29, 0.717) is 0 Å². The summed E-state index contributed by atoms with van der Waals surface area (Å²) in [4.78, 5) is 9.44. The molecule has 0 aromatic heterocycles. The summed E-state index contributed by atoms with van der Waals surface area (Å²) in [5.41, 5.74) is -3.62. The van der Waals surface area contributed by atoms with Gasteiger partial charge in [-0.3, -0.25) is 0 Å². The van der Waals surface area contributed by atoms with Crippen molar-refractivity contribution in [1.29, 1.82) is 0 Å². The molecule has 0 bridgehead atoms. The van der Waals surface area contributed by atoms with E-state index in [-0.39, 0.29) is 34.5 Å². The van der Waals surface area contributed by atoms with E-state index < -0.39 is 27.6 Å². The Morgan fingerprint density at radius 3 is 0.824 bits per heavy atom. The molecule has 0 rings (SSSR count). The Hall–Kier alpha value is -0.490. The van der Waals surface area contributed by atoms with Crippen LogP contribution in [0.2, 0.25) is 0 Å². The predicted molar refractivity (Wildman–Crippen MR) is 141 cm³/mol. The monoisotopic (exact) mass is 560 g/mol. The number of thioether (sulfide) groups is 1. The van der Waals surface area contributed by atoms with Gasteiger partial charge in [0.1, 0.15) is 15.6 Å². The van der Waals surface area contributed by atoms with Crippen molar-refractivity contribution in [2.24, 2.45) is 5.41 Å². The van der Waals surface area contributed by atoms with Gasteiger partial charge in [0.15, 0.2) is 5.41 Å². The average Bonchev–Trinajstić information content (AvgIpc) is 2.45. The second kappa shape index (κ2) is 34.7. The molecule has 0 saturated carbocycles. The van der Waals surface area contributed by atoms with E-state index in [1.807, 2.05) is 12.5 Å². The molecule has 0 amide bonds. The number of hydrogen-bond donors (Lipinski definition) is 0. The molecule has 0 saturated heterocycles. The first-order chi connectivity index (χ1) is 13.9. The highest BCUT2D eigenvalue weighted by Crippen LogP contribution is 2.49. The summed E-state index contributed by atoms with van der Waals surface area (Å²) >= 11 is 1.75. The van der Waals surface area contributed by atoms with Crippen molar-refractivity contribution in [2.75, 3.05) is 39.2 Å². The lowest BCUT2D eigenvalue weighted by Crippen LogP contribution is -2.44. The highest BCUT2D eigenvalue weighted by molar-refractivity contribution is 7.97. The highest BCUT2D eigenvalue weighted by atomic mass is 32.2. The molecule has 12 heteroatoms. The quantitative estimate of drug-likeness (QED) is 0.277. The summed E-state index contributed by atoms with van der Waals surface area (Å²) in [6.45, 7) is 11.8. The zero-order chi connectivity index (χ0) is 28.4. The molecule has 0 aliphatic rings. The Bertz CT molecular complexity index is 427. The fourth-order valence-corrected chi connectivity index (χ4v) is 0.161. The molecule has 0 fully saturated rings. The number of hydrogen-bond acceptors (Lipinski definition) is 5. The van der Waals surface area contributed by atoms with Gasteiger partial charge in [-0.15, -0.1) is 0 Å². The first-order valence-electron chi connectivity index (χ1n) is 9.45. The van der Waals surface area contributed by atoms with Gasteiger partial charge >= 0.3 is 12.4 Å². The third kappa shape index (κ3) is 95.7. The number of methoxy groups -OCH3 is 1. The van der Waals surface area contributed by atoms with Crippen LogP contribution in [0, 0.1) is 5.41 Å². The van der Waals surface area contributed by atoms with Gasteiger partial charge in [-0.1, -0.05) is 55.4 Å². The first kappa shape index (κ1) is 59.0. The topological polar surface area (TPSA) is 60.4 Å². The van der Waals surface area contributed by atoms with E-state index in [1.165, 1.54) is 26.7 Å². The van der Waals surface area contributed by atoms with Crippen molar-refractivity contribution < 1.29 is 44.3 Å². The normalized spacial score (nSPS) is 9.53. The second-order valence-corrected chi connectivity index (χ2v) is 10.0. The van der Waals surface area contributed by atoms with E-state index >= 15 is 0 Å². The highest BCUT2D eigenvalue weighted by Gasteiger charge is 2.64.